The topological polar surface area (TPSA) is 46.9 Å². The number of nitrogens with one attached hydrogen (secondary N) is 1. The molecule has 0 fully saturated rings. The van der Waals surface area contributed by atoms with Gasteiger partial charge in [0.05, 0.1) is 16.3 Å². The number of nitrogens with zero attached hydrogens (tertiary/aromatic N) is 2. The Morgan fingerprint density at radius 1 is 1.23 bits per heavy atom. The number of rotatable bonds is 5. The molecule has 0 spiro atoms. The highest BCUT2D eigenvalue weighted by molar-refractivity contribution is 7.13. The van der Waals surface area contributed by atoms with Gasteiger partial charge in [0, 0.05) is 12.1 Å². The number of thiophene rings is 1. The Morgan fingerprint density at radius 2 is 1.96 bits per heavy atom. The quantitative estimate of drug-likeness (QED) is 0.695. The van der Waals surface area contributed by atoms with Crippen LogP contribution >= 0.6 is 11.3 Å². The molecule has 1 N–H and O–H groups in total. The SMILES string of the molecule is CCCNC(=O)c1ccc(-n2nc(C(F)(F)F)cc2-c2cccs2)cc1. The summed E-state index contributed by atoms with van der Waals surface area (Å²) in [6.07, 6.45) is -3.71. The summed E-state index contributed by atoms with van der Waals surface area (Å²) in [5, 5.41) is 8.28. The predicted octanol–water partition coefficient (Wildman–Crippen LogP) is 4.76. The Kier molecular flexibility index (Phi) is 5.13. The van der Waals surface area contributed by atoms with E-state index in [1.165, 1.54) is 16.0 Å². The molecule has 0 saturated carbocycles. The molecule has 0 bridgehead atoms. The summed E-state index contributed by atoms with van der Waals surface area (Å²) in [5.41, 5.74) is 0.306. The van der Waals surface area contributed by atoms with Gasteiger partial charge in [-0.05, 0) is 48.2 Å². The highest BCUT2D eigenvalue weighted by Crippen LogP contribution is 2.34. The van der Waals surface area contributed by atoms with Crippen molar-refractivity contribution in [3.63, 3.8) is 0 Å². The largest absolute Gasteiger partial charge is 0.435 e. The number of carbonyl (C=O) groups excluding carboxylic acids is 1. The van der Waals surface area contributed by atoms with Crippen LogP contribution in [-0.2, 0) is 6.18 Å². The summed E-state index contributed by atoms with van der Waals surface area (Å²) in [5.74, 6) is -0.215. The smallest absolute Gasteiger partial charge is 0.352 e. The molecule has 0 aliphatic carbocycles. The average Bonchev–Trinajstić information content (AvgIpc) is 3.28. The number of hydrogen-bond acceptors (Lipinski definition) is 3. The Balaban J connectivity index is 1.98. The van der Waals surface area contributed by atoms with E-state index >= 15 is 0 Å². The van der Waals surface area contributed by atoms with Gasteiger partial charge in [-0.1, -0.05) is 13.0 Å². The molecule has 0 radical (unpaired) electrons. The highest BCUT2D eigenvalue weighted by atomic mass is 32.1. The Bertz CT molecular complexity index is 884. The molecule has 136 valence electrons. The zero-order valence-electron chi connectivity index (χ0n) is 13.9. The van der Waals surface area contributed by atoms with E-state index in [2.05, 4.69) is 10.4 Å². The minimum atomic E-state index is -4.53. The van der Waals surface area contributed by atoms with Gasteiger partial charge in [0.25, 0.3) is 5.91 Å². The van der Waals surface area contributed by atoms with Crippen molar-refractivity contribution >= 4 is 17.2 Å². The molecule has 2 heterocycles. The maximum absolute atomic E-state index is 13.1. The van der Waals surface area contributed by atoms with Gasteiger partial charge in [-0.2, -0.15) is 18.3 Å². The van der Waals surface area contributed by atoms with Crippen LogP contribution in [-0.4, -0.2) is 22.2 Å². The molecule has 0 unspecified atom stereocenters. The monoisotopic (exact) mass is 379 g/mol. The van der Waals surface area contributed by atoms with Crippen molar-refractivity contribution in [1.82, 2.24) is 15.1 Å². The first kappa shape index (κ1) is 18.2. The van der Waals surface area contributed by atoms with E-state index < -0.39 is 11.9 Å². The van der Waals surface area contributed by atoms with Crippen molar-refractivity contribution < 1.29 is 18.0 Å². The summed E-state index contributed by atoms with van der Waals surface area (Å²) >= 11 is 1.33. The molecular weight excluding hydrogens is 363 g/mol. The molecule has 0 atom stereocenters. The fraction of sp³-hybridized carbons (Fsp3) is 0.222. The van der Waals surface area contributed by atoms with Gasteiger partial charge in [0.2, 0.25) is 0 Å². The van der Waals surface area contributed by atoms with Gasteiger partial charge in [-0.3, -0.25) is 4.79 Å². The molecular formula is C18H16F3N3OS. The van der Waals surface area contributed by atoms with Gasteiger partial charge in [-0.25, -0.2) is 4.68 Å². The van der Waals surface area contributed by atoms with Crippen molar-refractivity contribution in [2.45, 2.75) is 19.5 Å². The maximum Gasteiger partial charge on any atom is 0.435 e. The van der Waals surface area contributed by atoms with Crippen molar-refractivity contribution in [3.05, 3.63) is 59.1 Å². The highest BCUT2D eigenvalue weighted by Gasteiger charge is 2.35. The lowest BCUT2D eigenvalue weighted by Gasteiger charge is -2.08. The van der Waals surface area contributed by atoms with E-state index in [1.807, 2.05) is 6.92 Å². The van der Waals surface area contributed by atoms with E-state index in [1.54, 1.807) is 41.8 Å². The first-order valence-corrected chi connectivity index (χ1v) is 8.88. The molecule has 3 aromatic rings. The second kappa shape index (κ2) is 7.33. The van der Waals surface area contributed by atoms with Crippen molar-refractivity contribution in [2.75, 3.05) is 6.54 Å². The van der Waals surface area contributed by atoms with Gasteiger partial charge >= 0.3 is 6.18 Å². The summed E-state index contributed by atoms with van der Waals surface area (Å²) in [6.45, 7) is 2.52. The number of amides is 1. The van der Waals surface area contributed by atoms with Gasteiger partial charge in [0.1, 0.15) is 0 Å². The zero-order valence-corrected chi connectivity index (χ0v) is 14.7. The van der Waals surface area contributed by atoms with Crippen LogP contribution < -0.4 is 5.32 Å². The summed E-state index contributed by atoms with van der Waals surface area (Å²) in [7, 11) is 0. The van der Waals surface area contributed by atoms with Gasteiger partial charge in [0.15, 0.2) is 5.69 Å². The lowest BCUT2D eigenvalue weighted by Crippen LogP contribution is -2.23. The molecule has 3 rings (SSSR count). The molecule has 4 nitrogen and oxygen atoms in total. The zero-order chi connectivity index (χ0) is 18.7. The Hall–Kier alpha value is -2.61. The van der Waals surface area contributed by atoms with Crippen LogP contribution in [0.4, 0.5) is 13.2 Å². The first-order valence-electron chi connectivity index (χ1n) is 8.00. The average molecular weight is 379 g/mol. The van der Waals surface area contributed by atoms with Crippen LogP contribution in [0.25, 0.3) is 16.3 Å². The summed E-state index contributed by atoms with van der Waals surface area (Å²) in [6, 6.07) is 10.9. The third-order valence-electron chi connectivity index (χ3n) is 3.68. The lowest BCUT2D eigenvalue weighted by atomic mass is 10.2. The van der Waals surface area contributed by atoms with Gasteiger partial charge < -0.3 is 5.32 Å². The Morgan fingerprint density at radius 3 is 2.54 bits per heavy atom. The third kappa shape index (κ3) is 3.80. The normalized spacial score (nSPS) is 11.5. The number of benzene rings is 1. The van der Waals surface area contributed by atoms with E-state index in [9.17, 15) is 18.0 Å². The number of hydrogen-bond donors (Lipinski definition) is 1. The number of alkyl halides is 3. The maximum atomic E-state index is 13.1. The predicted molar refractivity (Wildman–Crippen MR) is 94.5 cm³/mol. The van der Waals surface area contributed by atoms with Gasteiger partial charge in [-0.15, -0.1) is 11.3 Å². The second-order valence-corrected chi connectivity index (χ2v) is 6.55. The van der Waals surface area contributed by atoms with Crippen LogP contribution in [0.3, 0.4) is 0 Å². The molecule has 0 aliphatic heterocycles. The van der Waals surface area contributed by atoms with Crippen molar-refractivity contribution in [3.8, 4) is 16.3 Å². The first-order chi connectivity index (χ1) is 12.4. The standard InChI is InChI=1S/C18H16F3N3OS/c1-2-9-22-17(25)12-5-7-13(8-6-12)24-14(15-4-3-10-26-15)11-16(23-24)18(19,20)21/h3-8,10-11H,2,9H2,1H3,(H,22,25). The molecule has 0 saturated heterocycles. The second-order valence-electron chi connectivity index (χ2n) is 5.60. The summed E-state index contributed by atoms with van der Waals surface area (Å²) in [4.78, 5) is 12.6. The van der Waals surface area contributed by atoms with Crippen LogP contribution in [0.2, 0.25) is 0 Å². The molecule has 1 aromatic carbocycles. The molecule has 1 amide bonds. The third-order valence-corrected chi connectivity index (χ3v) is 4.58. The minimum absolute atomic E-state index is 0.215. The molecule has 0 aliphatic rings. The number of halogens is 3. The van der Waals surface area contributed by atoms with E-state index in [0.29, 0.717) is 28.4 Å². The van der Waals surface area contributed by atoms with E-state index in [0.717, 1.165) is 12.5 Å². The molecule has 26 heavy (non-hydrogen) atoms. The summed E-state index contributed by atoms with van der Waals surface area (Å²) < 4.78 is 40.6. The van der Waals surface area contributed by atoms with Crippen LogP contribution in [0.15, 0.2) is 47.8 Å². The van der Waals surface area contributed by atoms with Crippen LogP contribution in [0, 0.1) is 0 Å². The van der Waals surface area contributed by atoms with E-state index in [4.69, 9.17) is 0 Å². The number of aromatic nitrogens is 2. The fourth-order valence-electron chi connectivity index (χ4n) is 2.41. The fourth-order valence-corrected chi connectivity index (χ4v) is 3.14. The Labute approximate surface area is 152 Å². The van der Waals surface area contributed by atoms with Crippen LogP contribution in [0.5, 0.6) is 0 Å². The van der Waals surface area contributed by atoms with Crippen molar-refractivity contribution in [2.24, 2.45) is 0 Å². The molecule has 2 aromatic heterocycles. The van der Waals surface area contributed by atoms with E-state index in [-0.39, 0.29) is 5.91 Å². The minimum Gasteiger partial charge on any atom is -0.352 e. The molecule has 8 heteroatoms. The van der Waals surface area contributed by atoms with Crippen LogP contribution in [0.1, 0.15) is 29.4 Å². The lowest BCUT2D eigenvalue weighted by molar-refractivity contribution is -0.141. The number of carbonyl (C=O) groups is 1. The van der Waals surface area contributed by atoms with Crippen molar-refractivity contribution in [1.29, 1.82) is 0 Å².